The third-order valence-corrected chi connectivity index (χ3v) is 5.80. The largest absolute Gasteiger partial charge is 0.493 e. The Kier molecular flexibility index (Phi) is 8.18. The van der Waals surface area contributed by atoms with Crippen LogP contribution in [0.2, 0.25) is 0 Å². The molecule has 1 fully saturated rings. The highest BCUT2D eigenvalue weighted by atomic mass is 32.2. The lowest BCUT2D eigenvalue weighted by atomic mass is 10.2. The van der Waals surface area contributed by atoms with Gasteiger partial charge in [-0.3, -0.25) is 9.89 Å². The average Bonchev–Trinajstić information content (AvgIpc) is 2.64. The van der Waals surface area contributed by atoms with Crippen molar-refractivity contribution >= 4 is 21.5 Å². The predicted octanol–water partition coefficient (Wildman–Crippen LogP) is 1.20. The quantitative estimate of drug-likeness (QED) is 0.502. The minimum atomic E-state index is -2.85. The van der Waals surface area contributed by atoms with E-state index in [0.29, 0.717) is 43.7 Å². The molecular formula is C18H30N4O4S. The number of methoxy groups -OCH3 is 1. The molecule has 0 unspecified atom stereocenters. The molecule has 0 atom stereocenters. The molecule has 8 nitrogen and oxygen atoms in total. The van der Waals surface area contributed by atoms with E-state index >= 15 is 0 Å². The summed E-state index contributed by atoms with van der Waals surface area (Å²) in [4.78, 5) is 6.72. The van der Waals surface area contributed by atoms with E-state index in [9.17, 15) is 8.42 Å². The highest BCUT2D eigenvalue weighted by Gasteiger charge is 2.20. The van der Waals surface area contributed by atoms with Crippen LogP contribution in [0.25, 0.3) is 0 Å². The van der Waals surface area contributed by atoms with Crippen LogP contribution < -0.4 is 20.1 Å². The summed E-state index contributed by atoms with van der Waals surface area (Å²) in [6, 6.07) is 5.64. The fourth-order valence-electron chi connectivity index (χ4n) is 2.74. The van der Waals surface area contributed by atoms with Gasteiger partial charge in [-0.2, -0.15) is 0 Å². The van der Waals surface area contributed by atoms with E-state index in [1.54, 1.807) is 7.11 Å². The Labute approximate surface area is 161 Å². The average molecular weight is 399 g/mol. The number of anilines is 1. The van der Waals surface area contributed by atoms with Gasteiger partial charge in [-0.15, -0.1) is 0 Å². The summed E-state index contributed by atoms with van der Waals surface area (Å²) in [7, 11) is -1.23. The first-order valence-electron chi connectivity index (χ1n) is 9.26. The molecule has 0 saturated carbocycles. The second kappa shape index (κ2) is 10.4. The minimum absolute atomic E-state index is 0.237. The number of nitrogens with zero attached hydrogens (tertiary/aromatic N) is 2. The van der Waals surface area contributed by atoms with Gasteiger partial charge in [-0.05, 0) is 26.0 Å². The van der Waals surface area contributed by atoms with Crippen LogP contribution in [0.5, 0.6) is 11.5 Å². The number of ether oxygens (including phenoxy) is 2. The van der Waals surface area contributed by atoms with Crippen molar-refractivity contribution in [2.24, 2.45) is 4.99 Å². The number of aliphatic imine (C=N–C) groups is 1. The van der Waals surface area contributed by atoms with E-state index in [2.05, 4.69) is 20.5 Å². The molecule has 2 rings (SSSR count). The number of rotatable bonds is 8. The van der Waals surface area contributed by atoms with Gasteiger partial charge in [0.1, 0.15) is 0 Å². The normalized spacial score (nSPS) is 17.4. The van der Waals surface area contributed by atoms with Gasteiger partial charge in [0.2, 0.25) is 0 Å². The van der Waals surface area contributed by atoms with Gasteiger partial charge in [0.05, 0.1) is 31.8 Å². The zero-order valence-electron chi connectivity index (χ0n) is 16.3. The maximum atomic E-state index is 11.5. The van der Waals surface area contributed by atoms with Crippen LogP contribution in [0.4, 0.5) is 5.69 Å². The molecule has 0 spiro atoms. The highest BCUT2D eigenvalue weighted by Crippen LogP contribution is 2.30. The van der Waals surface area contributed by atoms with E-state index in [-0.39, 0.29) is 11.5 Å². The Hall–Kier alpha value is -2.00. The molecule has 1 aromatic rings. The van der Waals surface area contributed by atoms with Crippen LogP contribution in [0.15, 0.2) is 23.2 Å². The number of hydrogen-bond donors (Lipinski definition) is 2. The Morgan fingerprint density at radius 3 is 2.59 bits per heavy atom. The Bertz CT molecular complexity index is 723. The number of guanidine groups is 1. The maximum absolute atomic E-state index is 11.5. The van der Waals surface area contributed by atoms with Crippen molar-refractivity contribution in [1.82, 2.24) is 10.2 Å². The summed E-state index contributed by atoms with van der Waals surface area (Å²) in [5.41, 5.74) is 0.850. The van der Waals surface area contributed by atoms with E-state index in [0.717, 1.165) is 18.8 Å². The molecule has 9 heteroatoms. The van der Waals surface area contributed by atoms with Gasteiger partial charge in [0.15, 0.2) is 27.3 Å². The van der Waals surface area contributed by atoms with Gasteiger partial charge >= 0.3 is 0 Å². The fraction of sp³-hybridized carbons (Fsp3) is 0.611. The molecule has 1 aliphatic heterocycles. The third-order valence-electron chi connectivity index (χ3n) is 4.19. The van der Waals surface area contributed by atoms with E-state index < -0.39 is 9.84 Å². The van der Waals surface area contributed by atoms with Crippen LogP contribution in [-0.2, 0) is 9.84 Å². The van der Waals surface area contributed by atoms with Crippen LogP contribution >= 0.6 is 0 Å². The van der Waals surface area contributed by atoms with E-state index in [1.807, 2.05) is 32.0 Å². The van der Waals surface area contributed by atoms with Gasteiger partial charge in [0, 0.05) is 37.9 Å². The lowest BCUT2D eigenvalue weighted by Crippen LogP contribution is -2.41. The van der Waals surface area contributed by atoms with E-state index in [4.69, 9.17) is 9.47 Å². The van der Waals surface area contributed by atoms with Crippen LogP contribution in [0.3, 0.4) is 0 Å². The number of benzene rings is 1. The van der Waals surface area contributed by atoms with Crippen LogP contribution in [-0.4, -0.2) is 77.2 Å². The molecule has 0 aliphatic carbocycles. The number of nitrogens with one attached hydrogen (secondary N) is 2. The van der Waals surface area contributed by atoms with Crippen molar-refractivity contribution in [3.8, 4) is 11.5 Å². The van der Waals surface area contributed by atoms with Crippen LogP contribution in [0.1, 0.15) is 13.8 Å². The molecule has 1 aromatic carbocycles. The first kappa shape index (κ1) is 21.3. The van der Waals surface area contributed by atoms with Crippen molar-refractivity contribution in [1.29, 1.82) is 0 Å². The summed E-state index contributed by atoms with van der Waals surface area (Å²) >= 11 is 0. The van der Waals surface area contributed by atoms with Crippen molar-refractivity contribution < 1.29 is 17.9 Å². The molecule has 0 bridgehead atoms. The summed E-state index contributed by atoms with van der Waals surface area (Å²) in [5, 5.41) is 6.48. The van der Waals surface area contributed by atoms with Gasteiger partial charge in [-0.25, -0.2) is 8.42 Å². The molecule has 0 amide bonds. The SMILES string of the molecule is CCNC(=NCCN1CCS(=O)(=O)CC1)Nc1ccc(OC)c(OCC)c1. The van der Waals surface area contributed by atoms with Crippen molar-refractivity contribution in [2.75, 3.05) is 63.3 Å². The third kappa shape index (κ3) is 6.91. The Morgan fingerprint density at radius 1 is 1.22 bits per heavy atom. The Morgan fingerprint density at radius 2 is 1.96 bits per heavy atom. The zero-order chi connectivity index (χ0) is 19.7. The molecule has 1 heterocycles. The van der Waals surface area contributed by atoms with Crippen molar-refractivity contribution in [3.05, 3.63) is 18.2 Å². The minimum Gasteiger partial charge on any atom is -0.493 e. The van der Waals surface area contributed by atoms with Gasteiger partial charge in [-0.1, -0.05) is 0 Å². The summed E-state index contributed by atoms with van der Waals surface area (Å²) in [6.07, 6.45) is 0. The summed E-state index contributed by atoms with van der Waals surface area (Å²) in [6.45, 7) is 7.71. The fourth-order valence-corrected chi connectivity index (χ4v) is 4.02. The molecule has 0 aromatic heterocycles. The molecule has 1 aliphatic rings. The molecule has 152 valence electrons. The molecule has 1 saturated heterocycles. The maximum Gasteiger partial charge on any atom is 0.195 e. The number of sulfone groups is 1. The van der Waals surface area contributed by atoms with E-state index in [1.165, 1.54) is 0 Å². The van der Waals surface area contributed by atoms with Gasteiger partial charge in [0.25, 0.3) is 0 Å². The monoisotopic (exact) mass is 398 g/mol. The smallest absolute Gasteiger partial charge is 0.195 e. The molecule has 27 heavy (non-hydrogen) atoms. The second-order valence-electron chi connectivity index (χ2n) is 6.18. The van der Waals surface area contributed by atoms with Crippen molar-refractivity contribution in [3.63, 3.8) is 0 Å². The zero-order valence-corrected chi connectivity index (χ0v) is 17.1. The second-order valence-corrected chi connectivity index (χ2v) is 8.48. The standard InChI is InChI=1S/C18H30N4O4S/c1-4-19-18(20-8-9-22-10-12-27(23,24)13-11-22)21-15-6-7-16(25-3)17(14-15)26-5-2/h6-7,14H,4-5,8-13H2,1-3H3,(H2,19,20,21). The molecule has 2 N–H and O–H groups in total. The Balaban J connectivity index is 1.96. The molecule has 0 radical (unpaired) electrons. The van der Waals surface area contributed by atoms with Gasteiger partial charge < -0.3 is 20.1 Å². The predicted molar refractivity (Wildman–Crippen MR) is 109 cm³/mol. The molecular weight excluding hydrogens is 368 g/mol. The number of hydrogen-bond acceptors (Lipinski definition) is 6. The topological polar surface area (TPSA) is 92.3 Å². The first-order chi connectivity index (χ1) is 13.0. The van der Waals surface area contributed by atoms with Crippen LogP contribution in [0, 0.1) is 0 Å². The summed E-state index contributed by atoms with van der Waals surface area (Å²) < 4.78 is 33.9. The first-order valence-corrected chi connectivity index (χ1v) is 11.1. The summed E-state index contributed by atoms with van der Waals surface area (Å²) in [5.74, 6) is 2.51. The lowest BCUT2D eigenvalue weighted by molar-refractivity contribution is 0.304. The lowest BCUT2D eigenvalue weighted by Gasteiger charge is -2.25. The van der Waals surface area contributed by atoms with Crippen molar-refractivity contribution in [2.45, 2.75) is 13.8 Å². The highest BCUT2D eigenvalue weighted by molar-refractivity contribution is 7.91.